The summed E-state index contributed by atoms with van der Waals surface area (Å²) in [4.78, 5) is 33.8. The maximum absolute atomic E-state index is 12.0. The predicted molar refractivity (Wildman–Crippen MR) is 80.8 cm³/mol. The highest BCUT2D eigenvalue weighted by molar-refractivity contribution is 5.89. The molecule has 0 radical (unpaired) electrons. The van der Waals surface area contributed by atoms with E-state index in [1.54, 1.807) is 6.92 Å². The molecule has 1 aromatic carbocycles. The number of esters is 2. The molecule has 7 nitrogen and oxygen atoms in total. The van der Waals surface area contributed by atoms with Crippen LogP contribution in [0.5, 0.6) is 0 Å². The molecular weight excluding hydrogens is 302 g/mol. The molecular formula is C16H19NO6. The lowest BCUT2D eigenvalue weighted by molar-refractivity contribution is -0.384. The zero-order chi connectivity index (χ0) is 17.2. The van der Waals surface area contributed by atoms with E-state index in [9.17, 15) is 19.7 Å². The van der Waals surface area contributed by atoms with Crippen LogP contribution in [-0.4, -0.2) is 30.1 Å². The van der Waals surface area contributed by atoms with Crippen LogP contribution >= 0.6 is 0 Å². The Bertz CT molecular complexity index is 622. The van der Waals surface area contributed by atoms with Gasteiger partial charge in [0.05, 0.1) is 29.6 Å². The van der Waals surface area contributed by atoms with E-state index in [0.29, 0.717) is 6.61 Å². The minimum absolute atomic E-state index is 0.0800. The Morgan fingerprint density at radius 1 is 1.22 bits per heavy atom. The number of benzene rings is 1. The summed E-state index contributed by atoms with van der Waals surface area (Å²) < 4.78 is 10.2. The smallest absolute Gasteiger partial charge is 0.338 e. The standard InChI is InChI=1S/C16H19NO6/c1-4-22-15(19)13-12(16(13,2)3)9-23-14(18)10-5-7-11(8-6-10)17(20)21/h5-8,12-13H,4,9H2,1-3H3/t12-,13+/m1/s1. The van der Waals surface area contributed by atoms with Crippen molar-refractivity contribution in [3.63, 3.8) is 0 Å². The molecule has 0 unspecified atom stereocenters. The van der Waals surface area contributed by atoms with Crippen molar-refractivity contribution in [1.82, 2.24) is 0 Å². The number of ether oxygens (including phenoxy) is 2. The zero-order valence-corrected chi connectivity index (χ0v) is 13.3. The van der Waals surface area contributed by atoms with Crippen molar-refractivity contribution < 1.29 is 24.0 Å². The Labute approximate surface area is 133 Å². The maximum Gasteiger partial charge on any atom is 0.338 e. The van der Waals surface area contributed by atoms with Gasteiger partial charge in [0.25, 0.3) is 5.69 Å². The van der Waals surface area contributed by atoms with Gasteiger partial charge in [0.1, 0.15) is 0 Å². The van der Waals surface area contributed by atoms with Gasteiger partial charge in [-0.05, 0) is 24.5 Å². The van der Waals surface area contributed by atoms with E-state index in [1.165, 1.54) is 24.3 Å². The molecule has 7 heteroatoms. The fourth-order valence-corrected chi connectivity index (χ4v) is 2.72. The normalized spacial score (nSPS) is 21.3. The van der Waals surface area contributed by atoms with E-state index in [0.717, 1.165) is 0 Å². The lowest BCUT2D eigenvalue weighted by atomic mass is 10.1. The van der Waals surface area contributed by atoms with E-state index in [2.05, 4.69) is 0 Å². The van der Waals surface area contributed by atoms with Crippen LogP contribution in [0.1, 0.15) is 31.1 Å². The van der Waals surface area contributed by atoms with E-state index in [4.69, 9.17) is 9.47 Å². The Morgan fingerprint density at radius 3 is 2.35 bits per heavy atom. The summed E-state index contributed by atoms with van der Waals surface area (Å²) in [6.45, 7) is 6.04. The molecule has 0 amide bonds. The number of hydrogen-bond acceptors (Lipinski definition) is 6. The molecule has 0 N–H and O–H groups in total. The third kappa shape index (κ3) is 3.49. The van der Waals surface area contributed by atoms with Crippen molar-refractivity contribution in [3.8, 4) is 0 Å². The highest BCUT2D eigenvalue weighted by atomic mass is 16.6. The second-order valence-corrected chi connectivity index (χ2v) is 6.06. The zero-order valence-electron chi connectivity index (χ0n) is 13.3. The minimum Gasteiger partial charge on any atom is -0.466 e. The highest BCUT2D eigenvalue weighted by Gasteiger charge is 2.63. The molecule has 0 saturated heterocycles. The van der Waals surface area contributed by atoms with Gasteiger partial charge in [-0.25, -0.2) is 4.79 Å². The van der Waals surface area contributed by atoms with Crippen molar-refractivity contribution in [1.29, 1.82) is 0 Å². The summed E-state index contributed by atoms with van der Waals surface area (Å²) in [6.07, 6.45) is 0. The van der Waals surface area contributed by atoms with Crippen LogP contribution < -0.4 is 0 Å². The summed E-state index contributed by atoms with van der Waals surface area (Å²) in [6, 6.07) is 5.20. The first-order valence-electron chi connectivity index (χ1n) is 7.37. The first-order valence-corrected chi connectivity index (χ1v) is 7.37. The number of nitro benzene ring substituents is 1. The lowest BCUT2D eigenvalue weighted by Gasteiger charge is -2.05. The van der Waals surface area contributed by atoms with E-state index < -0.39 is 10.9 Å². The van der Waals surface area contributed by atoms with Crippen molar-refractivity contribution in [2.45, 2.75) is 20.8 Å². The first kappa shape index (κ1) is 16.9. The molecule has 1 saturated carbocycles. The number of carbonyl (C=O) groups excluding carboxylic acids is 2. The van der Waals surface area contributed by atoms with Crippen molar-refractivity contribution in [3.05, 3.63) is 39.9 Å². The second kappa shape index (κ2) is 6.36. The number of non-ortho nitro benzene ring substituents is 1. The number of hydrogen-bond donors (Lipinski definition) is 0. The summed E-state index contributed by atoms with van der Waals surface area (Å²) in [5.74, 6) is -1.19. The van der Waals surface area contributed by atoms with Gasteiger partial charge in [0, 0.05) is 18.1 Å². The SMILES string of the molecule is CCOC(=O)[C@@H]1[C@@H](COC(=O)c2ccc([N+](=O)[O-])cc2)C1(C)C. The molecule has 1 fully saturated rings. The molecule has 0 aromatic heterocycles. The number of nitrogens with zero attached hydrogens (tertiary/aromatic N) is 1. The lowest BCUT2D eigenvalue weighted by Crippen LogP contribution is -2.12. The van der Waals surface area contributed by atoms with Gasteiger partial charge in [-0.1, -0.05) is 13.8 Å². The van der Waals surface area contributed by atoms with Gasteiger partial charge in [0.2, 0.25) is 0 Å². The molecule has 1 aliphatic rings. The van der Waals surface area contributed by atoms with Gasteiger partial charge in [-0.2, -0.15) is 0 Å². The summed E-state index contributed by atoms with van der Waals surface area (Å²) in [7, 11) is 0. The van der Waals surface area contributed by atoms with Crippen molar-refractivity contribution in [2.75, 3.05) is 13.2 Å². The molecule has 0 heterocycles. The second-order valence-electron chi connectivity index (χ2n) is 6.06. The van der Waals surface area contributed by atoms with Gasteiger partial charge in [-0.15, -0.1) is 0 Å². The van der Waals surface area contributed by atoms with E-state index >= 15 is 0 Å². The molecule has 1 aliphatic carbocycles. The highest BCUT2D eigenvalue weighted by Crippen LogP contribution is 2.58. The predicted octanol–water partition coefficient (Wildman–Crippen LogP) is 2.59. The monoisotopic (exact) mass is 321 g/mol. The number of nitro groups is 1. The molecule has 2 rings (SSSR count). The largest absolute Gasteiger partial charge is 0.466 e. The molecule has 124 valence electrons. The van der Waals surface area contributed by atoms with Crippen LogP contribution in [-0.2, 0) is 14.3 Å². The molecule has 2 atom stereocenters. The molecule has 0 bridgehead atoms. The maximum atomic E-state index is 12.0. The fraction of sp³-hybridized carbons (Fsp3) is 0.500. The van der Waals surface area contributed by atoms with Crippen LogP contribution in [0.15, 0.2) is 24.3 Å². The van der Waals surface area contributed by atoms with Crippen LogP contribution in [0.3, 0.4) is 0 Å². The molecule has 1 aromatic rings. The van der Waals surface area contributed by atoms with Crippen LogP contribution in [0.25, 0.3) is 0 Å². The van der Waals surface area contributed by atoms with Gasteiger partial charge >= 0.3 is 11.9 Å². The summed E-state index contributed by atoms with van der Waals surface area (Å²) >= 11 is 0. The van der Waals surface area contributed by atoms with Crippen LogP contribution in [0.2, 0.25) is 0 Å². The average molecular weight is 321 g/mol. The van der Waals surface area contributed by atoms with E-state index in [1.807, 2.05) is 13.8 Å². The summed E-state index contributed by atoms with van der Waals surface area (Å²) in [5, 5.41) is 10.6. The van der Waals surface area contributed by atoms with Crippen LogP contribution in [0, 0.1) is 27.4 Å². The fourth-order valence-electron chi connectivity index (χ4n) is 2.72. The average Bonchev–Trinajstić information content (AvgIpc) is 3.06. The topological polar surface area (TPSA) is 95.7 Å². The Hall–Kier alpha value is -2.44. The van der Waals surface area contributed by atoms with Gasteiger partial charge < -0.3 is 9.47 Å². The van der Waals surface area contributed by atoms with Gasteiger partial charge in [-0.3, -0.25) is 14.9 Å². The number of rotatable bonds is 6. The van der Waals surface area contributed by atoms with Crippen molar-refractivity contribution in [2.24, 2.45) is 17.3 Å². The molecule has 23 heavy (non-hydrogen) atoms. The van der Waals surface area contributed by atoms with E-state index in [-0.39, 0.29) is 41.1 Å². The molecule has 0 spiro atoms. The van der Waals surface area contributed by atoms with Crippen LogP contribution in [0.4, 0.5) is 5.69 Å². The molecule has 0 aliphatic heterocycles. The summed E-state index contributed by atoms with van der Waals surface area (Å²) in [5.41, 5.74) is -0.115. The first-order chi connectivity index (χ1) is 10.8. The van der Waals surface area contributed by atoms with Gasteiger partial charge in [0.15, 0.2) is 0 Å². The third-order valence-electron chi connectivity index (χ3n) is 4.30. The quantitative estimate of drug-likeness (QED) is 0.454. The number of carbonyl (C=O) groups is 2. The third-order valence-corrected chi connectivity index (χ3v) is 4.30. The Kier molecular flexibility index (Phi) is 4.68. The minimum atomic E-state index is -0.565. The Morgan fingerprint density at radius 2 is 1.83 bits per heavy atom. The van der Waals surface area contributed by atoms with Crippen molar-refractivity contribution >= 4 is 17.6 Å². The Balaban J connectivity index is 1.92.